The average molecular weight is 405 g/mol. The highest BCUT2D eigenvalue weighted by atomic mass is 16.3. The molecule has 0 atom stereocenters. The molecule has 2 fully saturated rings. The lowest BCUT2D eigenvalue weighted by atomic mass is 9.91. The molecule has 0 amide bonds. The van der Waals surface area contributed by atoms with E-state index >= 15 is 0 Å². The summed E-state index contributed by atoms with van der Waals surface area (Å²) in [7, 11) is 0. The van der Waals surface area contributed by atoms with Gasteiger partial charge in [0, 0.05) is 45.3 Å². The number of piperazine rings is 1. The van der Waals surface area contributed by atoms with E-state index in [2.05, 4.69) is 39.0 Å². The summed E-state index contributed by atoms with van der Waals surface area (Å²) in [6.45, 7) is 7.62. The number of phenolic OH excluding ortho intramolecular Hbond substituents is 1. The third kappa shape index (κ3) is 4.17. The topological polar surface area (TPSA) is 42.3 Å². The summed E-state index contributed by atoms with van der Waals surface area (Å²) < 4.78 is 0. The van der Waals surface area contributed by atoms with Gasteiger partial charge in [-0.2, -0.15) is 0 Å². The first kappa shape index (κ1) is 19.4. The van der Waals surface area contributed by atoms with Crippen molar-refractivity contribution in [3.63, 3.8) is 0 Å². The van der Waals surface area contributed by atoms with Gasteiger partial charge in [-0.25, -0.2) is 0 Å². The molecule has 2 aromatic carbocycles. The van der Waals surface area contributed by atoms with E-state index < -0.39 is 0 Å². The van der Waals surface area contributed by atoms with Crippen molar-refractivity contribution in [2.75, 3.05) is 45.8 Å². The van der Waals surface area contributed by atoms with Gasteiger partial charge < -0.3 is 14.9 Å². The highest BCUT2D eigenvalue weighted by Crippen LogP contribution is 2.26. The zero-order chi connectivity index (χ0) is 20.3. The standard InChI is InChI=1S/C25H32N4O/c30-24-10-8-22(9-11-24)21-6-4-20(5-7-21)12-14-28-15-13-26-25(28)29-18-16-27(17-19-29)23-2-1-3-23/h4-11,23,30H,1-3,12-19H2. The van der Waals surface area contributed by atoms with Crippen LogP contribution in [-0.4, -0.2) is 77.6 Å². The molecular formula is C25H32N4O. The summed E-state index contributed by atoms with van der Waals surface area (Å²) in [4.78, 5) is 12.5. The number of rotatable bonds is 5. The van der Waals surface area contributed by atoms with Crippen LogP contribution in [0.25, 0.3) is 11.1 Å². The number of nitrogens with zero attached hydrogens (tertiary/aromatic N) is 4. The Bertz CT molecular complexity index is 865. The Morgan fingerprint density at radius 1 is 0.833 bits per heavy atom. The molecular weight excluding hydrogens is 372 g/mol. The van der Waals surface area contributed by atoms with E-state index in [4.69, 9.17) is 4.99 Å². The predicted octanol–water partition coefficient (Wildman–Crippen LogP) is 3.44. The second-order valence-electron chi connectivity index (χ2n) is 8.77. The van der Waals surface area contributed by atoms with Crippen LogP contribution in [-0.2, 0) is 6.42 Å². The summed E-state index contributed by atoms with van der Waals surface area (Å²) >= 11 is 0. The summed E-state index contributed by atoms with van der Waals surface area (Å²) in [6.07, 6.45) is 5.26. The number of phenols is 1. The SMILES string of the molecule is Oc1ccc(-c2ccc(CCN3CCN=C3N3CCN(C4CCC4)CC3)cc2)cc1. The fourth-order valence-electron chi connectivity index (χ4n) is 4.80. The number of benzene rings is 2. The summed E-state index contributed by atoms with van der Waals surface area (Å²) in [5.41, 5.74) is 3.68. The molecule has 0 radical (unpaired) electrons. The minimum atomic E-state index is 0.308. The van der Waals surface area contributed by atoms with E-state index in [0.717, 1.165) is 50.7 Å². The Morgan fingerprint density at radius 2 is 1.50 bits per heavy atom. The predicted molar refractivity (Wildman–Crippen MR) is 122 cm³/mol. The lowest BCUT2D eigenvalue weighted by molar-refractivity contribution is 0.0818. The summed E-state index contributed by atoms with van der Waals surface area (Å²) in [5.74, 6) is 1.53. The van der Waals surface area contributed by atoms with E-state index in [1.54, 1.807) is 12.1 Å². The first-order valence-electron chi connectivity index (χ1n) is 11.4. The summed E-state index contributed by atoms with van der Waals surface area (Å²) in [6, 6.07) is 17.1. The Kier molecular flexibility index (Phi) is 5.63. The highest BCUT2D eigenvalue weighted by molar-refractivity contribution is 5.81. The molecule has 158 valence electrons. The van der Waals surface area contributed by atoms with Gasteiger partial charge in [0.05, 0.1) is 6.54 Å². The van der Waals surface area contributed by atoms with Gasteiger partial charge in [-0.1, -0.05) is 42.8 Å². The maximum atomic E-state index is 9.47. The second-order valence-corrected chi connectivity index (χ2v) is 8.77. The average Bonchev–Trinajstić information content (AvgIpc) is 3.21. The fourth-order valence-corrected chi connectivity index (χ4v) is 4.80. The van der Waals surface area contributed by atoms with Crippen molar-refractivity contribution in [3.05, 3.63) is 54.1 Å². The van der Waals surface area contributed by atoms with Crippen molar-refractivity contribution in [2.24, 2.45) is 4.99 Å². The largest absolute Gasteiger partial charge is 0.508 e. The molecule has 1 saturated carbocycles. The molecule has 30 heavy (non-hydrogen) atoms. The van der Waals surface area contributed by atoms with Gasteiger partial charge in [-0.15, -0.1) is 0 Å². The molecule has 0 bridgehead atoms. The van der Waals surface area contributed by atoms with Crippen LogP contribution < -0.4 is 0 Å². The van der Waals surface area contributed by atoms with Crippen molar-refractivity contribution in [2.45, 2.75) is 31.7 Å². The molecule has 5 nitrogen and oxygen atoms in total. The van der Waals surface area contributed by atoms with Crippen LogP contribution in [0.4, 0.5) is 0 Å². The molecule has 0 unspecified atom stereocenters. The van der Waals surface area contributed by atoms with Crippen LogP contribution in [0.15, 0.2) is 53.5 Å². The third-order valence-corrected chi connectivity index (χ3v) is 6.92. The molecule has 2 heterocycles. The van der Waals surface area contributed by atoms with Gasteiger partial charge in [-0.05, 0) is 48.1 Å². The van der Waals surface area contributed by atoms with Crippen molar-refractivity contribution in [3.8, 4) is 16.9 Å². The number of hydrogen-bond acceptors (Lipinski definition) is 5. The van der Waals surface area contributed by atoms with Gasteiger partial charge in [0.2, 0.25) is 0 Å². The third-order valence-electron chi connectivity index (χ3n) is 6.92. The van der Waals surface area contributed by atoms with Crippen LogP contribution in [0.2, 0.25) is 0 Å². The minimum absolute atomic E-state index is 0.308. The Balaban J connectivity index is 1.14. The van der Waals surface area contributed by atoms with Crippen LogP contribution in [0.3, 0.4) is 0 Å². The van der Waals surface area contributed by atoms with Crippen molar-refractivity contribution in [1.29, 1.82) is 0 Å². The number of hydrogen-bond donors (Lipinski definition) is 1. The minimum Gasteiger partial charge on any atom is -0.508 e. The fraction of sp³-hybridized carbons (Fsp3) is 0.480. The molecule has 0 aromatic heterocycles. The van der Waals surface area contributed by atoms with Crippen molar-refractivity contribution in [1.82, 2.24) is 14.7 Å². The highest BCUT2D eigenvalue weighted by Gasteiger charge is 2.31. The lowest BCUT2D eigenvalue weighted by Gasteiger charge is -2.44. The van der Waals surface area contributed by atoms with Gasteiger partial charge >= 0.3 is 0 Å². The first-order valence-corrected chi connectivity index (χ1v) is 11.4. The second kappa shape index (κ2) is 8.68. The Labute approximate surface area is 179 Å². The molecule has 1 aliphatic carbocycles. The Morgan fingerprint density at radius 3 is 2.13 bits per heavy atom. The number of aliphatic imine (C=N–C) groups is 1. The monoisotopic (exact) mass is 404 g/mol. The zero-order valence-corrected chi connectivity index (χ0v) is 17.7. The molecule has 0 spiro atoms. The van der Waals surface area contributed by atoms with Crippen LogP contribution in [0, 0.1) is 0 Å². The molecule has 1 N–H and O–H groups in total. The maximum absolute atomic E-state index is 9.47. The van der Waals surface area contributed by atoms with Gasteiger partial charge in [-0.3, -0.25) is 9.89 Å². The van der Waals surface area contributed by atoms with Gasteiger partial charge in [0.15, 0.2) is 5.96 Å². The number of aromatic hydroxyl groups is 1. The molecule has 5 heteroatoms. The van der Waals surface area contributed by atoms with E-state index in [-0.39, 0.29) is 0 Å². The van der Waals surface area contributed by atoms with Crippen LogP contribution >= 0.6 is 0 Å². The molecule has 1 saturated heterocycles. The van der Waals surface area contributed by atoms with Gasteiger partial charge in [0.1, 0.15) is 5.75 Å². The van der Waals surface area contributed by atoms with E-state index in [9.17, 15) is 5.11 Å². The molecule has 5 rings (SSSR count). The van der Waals surface area contributed by atoms with Crippen molar-refractivity contribution >= 4 is 5.96 Å². The first-order chi connectivity index (χ1) is 14.8. The van der Waals surface area contributed by atoms with E-state index in [0.29, 0.717) is 5.75 Å². The summed E-state index contributed by atoms with van der Waals surface area (Å²) in [5, 5.41) is 9.47. The smallest absolute Gasteiger partial charge is 0.196 e. The van der Waals surface area contributed by atoms with Crippen molar-refractivity contribution < 1.29 is 5.11 Å². The maximum Gasteiger partial charge on any atom is 0.196 e. The quantitative estimate of drug-likeness (QED) is 0.829. The van der Waals surface area contributed by atoms with Crippen LogP contribution in [0.1, 0.15) is 24.8 Å². The van der Waals surface area contributed by atoms with E-state index in [1.165, 1.54) is 49.4 Å². The lowest BCUT2D eigenvalue weighted by Crippen LogP contribution is -2.55. The van der Waals surface area contributed by atoms with Crippen LogP contribution in [0.5, 0.6) is 5.75 Å². The normalized spacial score (nSPS) is 20.3. The van der Waals surface area contributed by atoms with E-state index in [1.807, 2.05) is 12.1 Å². The zero-order valence-electron chi connectivity index (χ0n) is 17.7. The Hall–Kier alpha value is -2.53. The number of guanidine groups is 1. The van der Waals surface area contributed by atoms with Gasteiger partial charge in [0.25, 0.3) is 0 Å². The molecule has 2 aromatic rings. The molecule has 2 aliphatic heterocycles. The molecule has 3 aliphatic rings.